The molecule has 2 saturated heterocycles. The lowest BCUT2D eigenvalue weighted by Gasteiger charge is -2.20. The standard InChI is InChI=1S/C18H23N7O4/c1-28-7-3-19-17-23-18(24-4-2-6-29-8-5-24)22-15-13(11-20-25(15)17)9-12-10-14(26)21-16(12)27/h9,11H,2-8,10H2,1H3,(H,19,22,23)(H,21,26,27)/b12-9+. The van der Waals surface area contributed by atoms with Crippen molar-refractivity contribution in [2.75, 3.05) is 56.8 Å². The fraction of sp³-hybridized carbons (Fsp3) is 0.500. The Morgan fingerprint density at radius 2 is 2.21 bits per heavy atom. The molecule has 2 fully saturated rings. The van der Waals surface area contributed by atoms with Gasteiger partial charge in [-0.2, -0.15) is 19.6 Å². The zero-order valence-corrected chi connectivity index (χ0v) is 16.2. The number of aromatic nitrogens is 4. The normalized spacial score (nSPS) is 19.1. The summed E-state index contributed by atoms with van der Waals surface area (Å²) in [5.41, 5.74) is 1.59. The van der Waals surface area contributed by atoms with E-state index in [1.54, 1.807) is 23.9 Å². The Kier molecular flexibility index (Phi) is 5.67. The van der Waals surface area contributed by atoms with Crippen molar-refractivity contribution in [3.63, 3.8) is 0 Å². The number of nitrogens with one attached hydrogen (secondary N) is 2. The minimum Gasteiger partial charge on any atom is -0.383 e. The van der Waals surface area contributed by atoms with Crippen LogP contribution in [-0.4, -0.2) is 78.0 Å². The summed E-state index contributed by atoms with van der Waals surface area (Å²) in [4.78, 5) is 34.8. The Labute approximate surface area is 167 Å². The average Bonchev–Trinajstić information content (AvgIpc) is 3.12. The lowest BCUT2D eigenvalue weighted by atomic mass is 10.1. The molecule has 0 bridgehead atoms. The molecule has 0 unspecified atom stereocenters. The second-order valence-corrected chi connectivity index (χ2v) is 6.78. The zero-order chi connectivity index (χ0) is 20.2. The molecule has 2 aromatic rings. The van der Waals surface area contributed by atoms with Crippen molar-refractivity contribution in [1.82, 2.24) is 24.9 Å². The summed E-state index contributed by atoms with van der Waals surface area (Å²) in [6.45, 7) is 3.87. The van der Waals surface area contributed by atoms with Gasteiger partial charge in [-0.25, -0.2) is 0 Å². The first-order valence-corrected chi connectivity index (χ1v) is 9.52. The molecule has 0 atom stereocenters. The third-order valence-electron chi connectivity index (χ3n) is 4.70. The van der Waals surface area contributed by atoms with Crippen LogP contribution >= 0.6 is 0 Å². The molecule has 4 rings (SSSR count). The van der Waals surface area contributed by atoms with Crippen LogP contribution in [0.3, 0.4) is 0 Å². The highest BCUT2D eigenvalue weighted by Crippen LogP contribution is 2.22. The number of rotatable bonds is 6. The fourth-order valence-corrected chi connectivity index (χ4v) is 3.26. The monoisotopic (exact) mass is 401 g/mol. The quantitative estimate of drug-likeness (QED) is 0.386. The average molecular weight is 401 g/mol. The van der Waals surface area contributed by atoms with Crippen LogP contribution in [0.25, 0.3) is 11.7 Å². The van der Waals surface area contributed by atoms with Crippen LogP contribution in [0.15, 0.2) is 11.8 Å². The predicted octanol–water partition coefficient (Wildman–Crippen LogP) is -0.161. The molecule has 0 aromatic carbocycles. The van der Waals surface area contributed by atoms with Gasteiger partial charge in [0, 0.05) is 44.5 Å². The summed E-state index contributed by atoms with van der Waals surface area (Å²) in [5, 5.41) is 9.88. The van der Waals surface area contributed by atoms with Crippen LogP contribution in [0.2, 0.25) is 0 Å². The first-order chi connectivity index (χ1) is 14.2. The molecule has 0 aliphatic carbocycles. The topological polar surface area (TPSA) is 123 Å². The Balaban J connectivity index is 1.74. The van der Waals surface area contributed by atoms with Crippen LogP contribution in [0.1, 0.15) is 18.4 Å². The zero-order valence-electron chi connectivity index (χ0n) is 16.2. The second kappa shape index (κ2) is 8.53. The van der Waals surface area contributed by atoms with E-state index in [0.717, 1.165) is 13.0 Å². The van der Waals surface area contributed by atoms with Crippen LogP contribution in [0, 0.1) is 0 Å². The number of nitrogens with zero attached hydrogens (tertiary/aromatic N) is 5. The van der Waals surface area contributed by atoms with E-state index in [1.807, 2.05) is 0 Å². The van der Waals surface area contributed by atoms with Crippen LogP contribution in [0.4, 0.5) is 11.9 Å². The van der Waals surface area contributed by atoms with E-state index >= 15 is 0 Å². The molecule has 2 aromatic heterocycles. The predicted molar refractivity (Wildman–Crippen MR) is 105 cm³/mol. The lowest BCUT2D eigenvalue weighted by Crippen LogP contribution is -2.29. The van der Waals surface area contributed by atoms with Crippen molar-refractivity contribution in [3.8, 4) is 0 Å². The number of fused-ring (bicyclic) bond motifs is 1. The van der Waals surface area contributed by atoms with Crippen LogP contribution < -0.4 is 15.5 Å². The Bertz CT molecular complexity index is 947. The Hall–Kier alpha value is -3.05. The largest absolute Gasteiger partial charge is 0.383 e. The van der Waals surface area contributed by atoms with Gasteiger partial charge in [-0.05, 0) is 12.5 Å². The number of hydrogen-bond donors (Lipinski definition) is 2. The number of amides is 2. The van der Waals surface area contributed by atoms with E-state index in [0.29, 0.717) is 61.6 Å². The molecule has 4 heterocycles. The van der Waals surface area contributed by atoms with Gasteiger partial charge in [-0.15, -0.1) is 0 Å². The lowest BCUT2D eigenvalue weighted by molar-refractivity contribution is -0.124. The van der Waals surface area contributed by atoms with E-state index in [9.17, 15) is 9.59 Å². The van der Waals surface area contributed by atoms with Crippen LogP contribution in [-0.2, 0) is 19.1 Å². The Morgan fingerprint density at radius 1 is 1.31 bits per heavy atom. The van der Waals surface area contributed by atoms with Crippen molar-refractivity contribution in [1.29, 1.82) is 0 Å². The molecule has 0 radical (unpaired) electrons. The van der Waals surface area contributed by atoms with Crippen LogP contribution in [0.5, 0.6) is 0 Å². The second-order valence-electron chi connectivity index (χ2n) is 6.78. The van der Waals surface area contributed by atoms with Gasteiger partial charge in [0.1, 0.15) is 0 Å². The summed E-state index contributed by atoms with van der Waals surface area (Å²) in [6, 6.07) is 0. The third kappa shape index (κ3) is 4.20. The summed E-state index contributed by atoms with van der Waals surface area (Å²) in [6.07, 6.45) is 4.21. The minimum atomic E-state index is -0.383. The molecule has 2 aliphatic heterocycles. The number of carbonyl (C=O) groups excluding carboxylic acids is 2. The van der Waals surface area contributed by atoms with E-state index in [-0.39, 0.29) is 18.2 Å². The highest BCUT2D eigenvalue weighted by molar-refractivity contribution is 6.15. The molecular weight excluding hydrogens is 378 g/mol. The SMILES string of the molecule is COCCNc1nc(N2CCCOCC2)nc2c(/C=C3\CC(=O)NC3=O)cnn12. The Morgan fingerprint density at radius 3 is 3.00 bits per heavy atom. The van der Waals surface area contributed by atoms with Crippen molar-refractivity contribution in [2.24, 2.45) is 0 Å². The number of carbonyl (C=O) groups is 2. The summed E-state index contributed by atoms with van der Waals surface area (Å²) in [5.74, 6) is 0.407. The van der Waals surface area contributed by atoms with Gasteiger partial charge >= 0.3 is 0 Å². The van der Waals surface area contributed by atoms with Crippen molar-refractivity contribution in [3.05, 3.63) is 17.3 Å². The summed E-state index contributed by atoms with van der Waals surface area (Å²) >= 11 is 0. The van der Waals surface area contributed by atoms with E-state index in [4.69, 9.17) is 14.5 Å². The van der Waals surface area contributed by atoms with Crippen molar-refractivity contribution < 1.29 is 19.1 Å². The molecule has 2 N–H and O–H groups in total. The maximum Gasteiger partial charge on any atom is 0.254 e. The number of hydrogen-bond acceptors (Lipinski definition) is 9. The number of anilines is 2. The van der Waals surface area contributed by atoms with Gasteiger partial charge < -0.3 is 19.7 Å². The maximum absolute atomic E-state index is 11.9. The molecule has 154 valence electrons. The molecule has 11 nitrogen and oxygen atoms in total. The number of imide groups is 1. The fourth-order valence-electron chi connectivity index (χ4n) is 3.26. The molecule has 11 heteroatoms. The van der Waals surface area contributed by atoms with E-state index in [1.165, 1.54) is 0 Å². The third-order valence-corrected chi connectivity index (χ3v) is 4.70. The van der Waals surface area contributed by atoms with Crippen molar-refractivity contribution in [2.45, 2.75) is 12.8 Å². The smallest absolute Gasteiger partial charge is 0.254 e. The van der Waals surface area contributed by atoms with Crippen molar-refractivity contribution >= 4 is 35.4 Å². The van der Waals surface area contributed by atoms with E-state index in [2.05, 4.69) is 25.6 Å². The minimum absolute atomic E-state index is 0.0521. The number of ether oxygens (including phenoxy) is 2. The first kappa shape index (κ1) is 19.3. The molecular formula is C18H23N7O4. The van der Waals surface area contributed by atoms with E-state index < -0.39 is 0 Å². The highest BCUT2D eigenvalue weighted by Gasteiger charge is 2.25. The maximum atomic E-state index is 11.9. The highest BCUT2D eigenvalue weighted by atomic mass is 16.5. The molecule has 0 saturated carbocycles. The summed E-state index contributed by atoms with van der Waals surface area (Å²) in [7, 11) is 1.63. The van der Waals surface area contributed by atoms with Gasteiger partial charge in [0.25, 0.3) is 5.91 Å². The molecule has 2 aliphatic rings. The summed E-state index contributed by atoms with van der Waals surface area (Å²) < 4.78 is 12.2. The molecule has 29 heavy (non-hydrogen) atoms. The molecule has 2 amide bonds. The number of methoxy groups -OCH3 is 1. The van der Waals surface area contributed by atoms with Gasteiger partial charge in [0.2, 0.25) is 17.8 Å². The van der Waals surface area contributed by atoms with Gasteiger partial charge in [0.05, 0.1) is 25.8 Å². The van der Waals surface area contributed by atoms with Gasteiger partial charge in [0.15, 0.2) is 5.65 Å². The molecule has 0 spiro atoms. The first-order valence-electron chi connectivity index (χ1n) is 9.52. The van der Waals surface area contributed by atoms with Gasteiger partial charge in [-0.1, -0.05) is 0 Å². The van der Waals surface area contributed by atoms with Gasteiger partial charge in [-0.3, -0.25) is 14.9 Å².